The van der Waals surface area contributed by atoms with Gasteiger partial charge in [0.15, 0.2) is 5.65 Å². The molecule has 1 aliphatic heterocycles. The van der Waals surface area contributed by atoms with Crippen molar-refractivity contribution in [1.29, 1.82) is 5.26 Å². The molecule has 1 fully saturated rings. The van der Waals surface area contributed by atoms with Crippen LogP contribution in [0.25, 0.3) is 16.8 Å². The van der Waals surface area contributed by atoms with Gasteiger partial charge in [0.1, 0.15) is 23.1 Å². The van der Waals surface area contributed by atoms with Gasteiger partial charge < -0.3 is 15.0 Å². The Morgan fingerprint density at radius 2 is 1.95 bits per heavy atom. The summed E-state index contributed by atoms with van der Waals surface area (Å²) >= 11 is 0. The van der Waals surface area contributed by atoms with Gasteiger partial charge in [-0.2, -0.15) is 18.6 Å². The summed E-state index contributed by atoms with van der Waals surface area (Å²) in [6.45, 7) is 9.81. The normalized spacial score (nSPS) is 16.2. The fourth-order valence-electron chi connectivity index (χ4n) is 4.70. The third-order valence-electron chi connectivity index (χ3n) is 6.38. The predicted octanol–water partition coefficient (Wildman–Crippen LogP) is 5.43. The molecule has 2 aromatic heterocycles. The number of alkyl carbamates (subject to hydrolysis) is 1. The summed E-state index contributed by atoms with van der Waals surface area (Å²) in [6, 6.07) is 11.7. The Morgan fingerprint density at radius 1 is 1.24 bits per heavy atom. The van der Waals surface area contributed by atoms with E-state index in [2.05, 4.69) is 26.4 Å². The van der Waals surface area contributed by atoms with Crippen LogP contribution in [0, 0.1) is 24.2 Å². The molecular formula is C27H32F2N6O2. The first kappa shape index (κ1) is 26.3. The van der Waals surface area contributed by atoms with Crippen molar-refractivity contribution in [3.8, 4) is 17.2 Å². The van der Waals surface area contributed by atoms with Gasteiger partial charge in [-0.3, -0.25) is 0 Å². The van der Waals surface area contributed by atoms with Crippen LogP contribution < -0.4 is 10.2 Å². The topological polar surface area (TPSA) is 95.6 Å². The molecule has 1 atom stereocenters. The lowest BCUT2D eigenvalue weighted by Crippen LogP contribution is -2.33. The Hall–Kier alpha value is -3.74. The van der Waals surface area contributed by atoms with Crippen LogP contribution in [0.2, 0.25) is 0 Å². The number of nitrogens with one attached hydrogen (secondary N) is 1. The number of hydrogen-bond acceptors (Lipinski definition) is 6. The molecule has 4 rings (SSSR count). The molecule has 196 valence electrons. The molecule has 0 bridgehead atoms. The SMILES string of the molecule is Cc1c(-c2ccccc2)c(N2CC[C@H](CCNC(=O)OC(C)(C)C)C2)n2nc(C(C)(F)F)nc2c1C#N. The summed E-state index contributed by atoms with van der Waals surface area (Å²) in [5.41, 5.74) is 2.10. The van der Waals surface area contributed by atoms with E-state index in [1.165, 1.54) is 4.52 Å². The fraction of sp³-hybridized carbons (Fsp3) is 0.481. The summed E-state index contributed by atoms with van der Waals surface area (Å²) < 4.78 is 35.2. The molecule has 37 heavy (non-hydrogen) atoms. The molecule has 1 saturated heterocycles. The number of aromatic nitrogens is 3. The van der Waals surface area contributed by atoms with Gasteiger partial charge in [-0.25, -0.2) is 9.78 Å². The summed E-state index contributed by atoms with van der Waals surface area (Å²) in [5, 5.41) is 16.9. The Balaban J connectivity index is 1.69. The van der Waals surface area contributed by atoms with Crippen LogP contribution >= 0.6 is 0 Å². The van der Waals surface area contributed by atoms with Crippen LogP contribution in [0.4, 0.5) is 19.4 Å². The van der Waals surface area contributed by atoms with Crippen LogP contribution in [0.5, 0.6) is 0 Å². The number of rotatable bonds is 6. The van der Waals surface area contributed by atoms with Crippen LogP contribution in [0.1, 0.15) is 57.5 Å². The first-order valence-electron chi connectivity index (χ1n) is 12.4. The van der Waals surface area contributed by atoms with Crippen molar-refractivity contribution in [3.05, 3.63) is 47.3 Å². The molecule has 1 aliphatic rings. The molecule has 0 aliphatic carbocycles. The number of amides is 1. The molecule has 10 heteroatoms. The van der Waals surface area contributed by atoms with Gasteiger partial charge in [0, 0.05) is 32.1 Å². The van der Waals surface area contributed by atoms with Crippen molar-refractivity contribution in [2.45, 2.75) is 59.0 Å². The lowest BCUT2D eigenvalue weighted by atomic mass is 9.97. The second kappa shape index (κ2) is 9.96. The number of halogens is 2. The van der Waals surface area contributed by atoms with E-state index < -0.39 is 23.4 Å². The quantitative estimate of drug-likeness (QED) is 0.475. The lowest BCUT2D eigenvalue weighted by Gasteiger charge is -2.25. The zero-order valence-electron chi connectivity index (χ0n) is 21.8. The van der Waals surface area contributed by atoms with Crippen molar-refractivity contribution >= 4 is 17.6 Å². The number of pyridine rings is 1. The fourth-order valence-corrected chi connectivity index (χ4v) is 4.70. The zero-order chi connectivity index (χ0) is 27.0. The van der Waals surface area contributed by atoms with Crippen molar-refractivity contribution in [2.75, 3.05) is 24.5 Å². The number of benzene rings is 1. The number of alkyl halides is 2. The highest BCUT2D eigenvalue weighted by Gasteiger charge is 2.34. The molecule has 1 aromatic carbocycles. The molecular weight excluding hydrogens is 478 g/mol. The summed E-state index contributed by atoms with van der Waals surface area (Å²) in [4.78, 5) is 18.2. The van der Waals surface area contributed by atoms with Crippen molar-refractivity contribution in [3.63, 3.8) is 0 Å². The minimum atomic E-state index is -3.25. The summed E-state index contributed by atoms with van der Waals surface area (Å²) in [5.74, 6) is -2.96. The maximum absolute atomic E-state index is 14.3. The molecule has 8 nitrogen and oxygen atoms in total. The number of carbonyl (C=O) groups excluding carboxylic acids is 1. The number of nitrogens with zero attached hydrogens (tertiary/aromatic N) is 5. The van der Waals surface area contributed by atoms with E-state index in [1.807, 2.05) is 58.0 Å². The van der Waals surface area contributed by atoms with Crippen LogP contribution in [0.15, 0.2) is 30.3 Å². The van der Waals surface area contributed by atoms with Gasteiger partial charge in [-0.05, 0) is 57.6 Å². The Morgan fingerprint density at radius 3 is 2.57 bits per heavy atom. The van der Waals surface area contributed by atoms with E-state index in [-0.39, 0.29) is 17.1 Å². The van der Waals surface area contributed by atoms with E-state index in [9.17, 15) is 18.8 Å². The number of nitriles is 1. The Bertz CT molecular complexity index is 1340. The molecule has 0 radical (unpaired) electrons. The third kappa shape index (κ3) is 5.66. The Labute approximate surface area is 215 Å². The van der Waals surface area contributed by atoms with Crippen LogP contribution in [-0.2, 0) is 10.7 Å². The van der Waals surface area contributed by atoms with Gasteiger partial charge in [-0.15, -0.1) is 5.10 Å². The minimum Gasteiger partial charge on any atom is -0.444 e. The smallest absolute Gasteiger partial charge is 0.407 e. The van der Waals surface area contributed by atoms with E-state index in [0.29, 0.717) is 31.0 Å². The molecule has 0 saturated carbocycles. The second-order valence-corrected chi connectivity index (χ2v) is 10.6. The highest BCUT2D eigenvalue weighted by Crippen LogP contribution is 2.40. The standard InChI is InChI=1S/C27H32F2N6O2/c1-17-20(15-30)22-32-24(27(5,28)29)33-35(22)23(21(17)19-9-7-6-8-10-19)34-14-12-18(16-34)11-13-31-25(36)37-26(2,3)4/h6-10,18H,11-14,16H2,1-5H3,(H,31,36)/t18-/m0/s1. The summed E-state index contributed by atoms with van der Waals surface area (Å²) in [7, 11) is 0. The maximum atomic E-state index is 14.3. The van der Waals surface area contributed by atoms with Crippen molar-refractivity contribution in [2.24, 2.45) is 5.92 Å². The first-order valence-corrected chi connectivity index (χ1v) is 12.4. The van der Waals surface area contributed by atoms with E-state index >= 15 is 0 Å². The molecule has 0 unspecified atom stereocenters. The number of carbonyl (C=O) groups is 1. The number of fused-ring (bicyclic) bond motifs is 1. The monoisotopic (exact) mass is 510 g/mol. The second-order valence-electron chi connectivity index (χ2n) is 10.6. The van der Waals surface area contributed by atoms with E-state index in [0.717, 1.165) is 30.9 Å². The van der Waals surface area contributed by atoms with E-state index in [1.54, 1.807) is 0 Å². The molecule has 3 aromatic rings. The highest BCUT2D eigenvalue weighted by molar-refractivity contribution is 5.85. The largest absolute Gasteiger partial charge is 0.444 e. The Kier molecular flexibility index (Phi) is 7.09. The van der Waals surface area contributed by atoms with Crippen molar-refractivity contribution < 1.29 is 18.3 Å². The average molecular weight is 511 g/mol. The predicted molar refractivity (Wildman–Crippen MR) is 137 cm³/mol. The van der Waals surface area contributed by atoms with E-state index in [4.69, 9.17) is 4.74 Å². The first-order chi connectivity index (χ1) is 17.4. The van der Waals surface area contributed by atoms with Gasteiger partial charge in [0.05, 0.1) is 0 Å². The minimum absolute atomic E-state index is 0.126. The maximum Gasteiger partial charge on any atom is 0.407 e. The van der Waals surface area contributed by atoms with Crippen LogP contribution in [0.3, 0.4) is 0 Å². The van der Waals surface area contributed by atoms with Gasteiger partial charge in [0.2, 0.25) is 5.82 Å². The van der Waals surface area contributed by atoms with Gasteiger partial charge >= 0.3 is 12.0 Å². The molecule has 1 N–H and O–H groups in total. The highest BCUT2D eigenvalue weighted by atomic mass is 19.3. The van der Waals surface area contributed by atoms with Gasteiger partial charge in [-0.1, -0.05) is 30.3 Å². The van der Waals surface area contributed by atoms with Crippen LogP contribution in [-0.4, -0.2) is 45.9 Å². The number of anilines is 1. The number of ether oxygens (including phenoxy) is 1. The lowest BCUT2D eigenvalue weighted by molar-refractivity contribution is 0.00799. The van der Waals surface area contributed by atoms with Crippen molar-refractivity contribution in [1.82, 2.24) is 19.9 Å². The average Bonchev–Trinajstić information content (AvgIpc) is 3.45. The zero-order valence-corrected chi connectivity index (χ0v) is 21.8. The molecule has 3 heterocycles. The summed E-state index contributed by atoms with van der Waals surface area (Å²) in [6.07, 6.45) is 1.15. The molecule has 1 amide bonds. The van der Waals surface area contributed by atoms with Gasteiger partial charge in [0.25, 0.3) is 0 Å². The number of hydrogen-bond donors (Lipinski definition) is 1. The third-order valence-corrected chi connectivity index (χ3v) is 6.38. The molecule has 0 spiro atoms.